The van der Waals surface area contributed by atoms with Crippen molar-refractivity contribution in [3.05, 3.63) is 108 Å². The highest BCUT2D eigenvalue weighted by Crippen LogP contribution is 2.26. The Kier molecular flexibility index (Phi) is 4.06. The van der Waals surface area contributed by atoms with Gasteiger partial charge in [-0.15, -0.1) is 0 Å². The number of hydrogen-bond donors (Lipinski definition) is 0. The molecule has 0 aliphatic carbocycles. The van der Waals surface area contributed by atoms with Crippen LogP contribution in [0.15, 0.2) is 86.1 Å². The first-order valence-electron chi connectivity index (χ1n) is 7.40. The van der Waals surface area contributed by atoms with Crippen LogP contribution in [-0.2, 0) is 6.54 Å². The maximum Gasteiger partial charge on any atom is 0.0483 e. The van der Waals surface area contributed by atoms with Gasteiger partial charge in [-0.1, -0.05) is 73.8 Å². The lowest BCUT2D eigenvalue weighted by Gasteiger charge is -2.14. The Morgan fingerprint density at radius 2 is 1.64 bits per heavy atom. The second-order valence-electron chi connectivity index (χ2n) is 5.28. The lowest BCUT2D eigenvalue weighted by Crippen LogP contribution is -2.03. The summed E-state index contributed by atoms with van der Waals surface area (Å²) in [6, 6.07) is 22.9. The van der Waals surface area contributed by atoms with Crippen molar-refractivity contribution in [1.82, 2.24) is 4.57 Å². The topological polar surface area (TPSA) is 4.93 Å². The summed E-state index contributed by atoms with van der Waals surface area (Å²) in [7, 11) is 0. The van der Waals surface area contributed by atoms with Crippen LogP contribution in [0.4, 0.5) is 0 Å². The molecular weight excluding hydrogens is 266 g/mol. The molecule has 0 aliphatic rings. The molecule has 0 N–H and O–H groups in total. The standard InChI is InChI=1S/C21H19N/c1-3-19-12-7-8-13-20(19)17(2)21-14-9-15-22(21)16-18-10-5-4-6-11-18/h3-15H,1-2,16H2. The van der Waals surface area contributed by atoms with Gasteiger partial charge in [0.15, 0.2) is 0 Å². The quantitative estimate of drug-likeness (QED) is 0.604. The molecule has 0 aliphatic heterocycles. The van der Waals surface area contributed by atoms with Crippen molar-refractivity contribution in [2.75, 3.05) is 0 Å². The van der Waals surface area contributed by atoms with Gasteiger partial charge in [0, 0.05) is 18.4 Å². The molecule has 0 radical (unpaired) electrons. The molecule has 0 fully saturated rings. The van der Waals surface area contributed by atoms with E-state index in [2.05, 4.69) is 72.5 Å². The van der Waals surface area contributed by atoms with E-state index in [0.29, 0.717) is 0 Å². The largest absolute Gasteiger partial charge is 0.343 e. The zero-order chi connectivity index (χ0) is 15.4. The molecule has 1 nitrogen and oxygen atoms in total. The molecule has 0 atom stereocenters. The van der Waals surface area contributed by atoms with Crippen molar-refractivity contribution < 1.29 is 0 Å². The van der Waals surface area contributed by atoms with E-state index in [1.54, 1.807) is 0 Å². The molecular formula is C21H19N. The Labute approximate surface area is 131 Å². The van der Waals surface area contributed by atoms with Gasteiger partial charge in [-0.3, -0.25) is 0 Å². The zero-order valence-corrected chi connectivity index (χ0v) is 12.6. The fourth-order valence-electron chi connectivity index (χ4n) is 2.69. The summed E-state index contributed by atoms with van der Waals surface area (Å²) >= 11 is 0. The fourth-order valence-corrected chi connectivity index (χ4v) is 2.69. The van der Waals surface area contributed by atoms with E-state index in [1.165, 1.54) is 5.56 Å². The summed E-state index contributed by atoms with van der Waals surface area (Å²) in [5.74, 6) is 0. The summed E-state index contributed by atoms with van der Waals surface area (Å²) in [4.78, 5) is 0. The van der Waals surface area contributed by atoms with Crippen LogP contribution < -0.4 is 0 Å². The molecule has 1 aromatic heterocycles. The molecule has 2 aromatic carbocycles. The Morgan fingerprint density at radius 1 is 0.909 bits per heavy atom. The maximum absolute atomic E-state index is 4.31. The van der Waals surface area contributed by atoms with Crippen LogP contribution in [0.2, 0.25) is 0 Å². The van der Waals surface area contributed by atoms with E-state index in [-0.39, 0.29) is 0 Å². The number of aromatic nitrogens is 1. The second kappa shape index (κ2) is 6.31. The van der Waals surface area contributed by atoms with Crippen LogP contribution in [0.5, 0.6) is 0 Å². The first-order valence-corrected chi connectivity index (χ1v) is 7.40. The normalized spacial score (nSPS) is 10.4. The summed E-state index contributed by atoms with van der Waals surface area (Å²) in [5.41, 5.74) is 5.69. The molecule has 0 saturated carbocycles. The molecule has 22 heavy (non-hydrogen) atoms. The van der Waals surface area contributed by atoms with E-state index in [4.69, 9.17) is 0 Å². The molecule has 0 amide bonds. The minimum atomic E-state index is 0.846. The first-order chi connectivity index (χ1) is 10.8. The average Bonchev–Trinajstić information content (AvgIpc) is 3.03. The molecule has 0 spiro atoms. The molecule has 0 saturated heterocycles. The van der Waals surface area contributed by atoms with Gasteiger partial charge in [-0.2, -0.15) is 0 Å². The molecule has 1 heteroatoms. The number of nitrogens with zero attached hydrogens (tertiary/aromatic N) is 1. The second-order valence-corrected chi connectivity index (χ2v) is 5.28. The van der Waals surface area contributed by atoms with Crippen LogP contribution in [0.1, 0.15) is 22.4 Å². The highest BCUT2D eigenvalue weighted by atomic mass is 15.0. The molecule has 3 aromatic rings. The van der Waals surface area contributed by atoms with Crippen molar-refractivity contribution in [3.63, 3.8) is 0 Å². The van der Waals surface area contributed by atoms with Crippen molar-refractivity contribution in [1.29, 1.82) is 0 Å². The van der Waals surface area contributed by atoms with Crippen LogP contribution in [-0.4, -0.2) is 4.57 Å². The Hall–Kier alpha value is -2.80. The van der Waals surface area contributed by atoms with Gasteiger partial charge in [0.05, 0.1) is 0 Å². The van der Waals surface area contributed by atoms with E-state index >= 15 is 0 Å². The Bertz CT molecular complexity index is 794. The average molecular weight is 285 g/mol. The van der Waals surface area contributed by atoms with E-state index in [9.17, 15) is 0 Å². The maximum atomic E-state index is 4.31. The molecule has 0 bridgehead atoms. The van der Waals surface area contributed by atoms with Gasteiger partial charge in [0.2, 0.25) is 0 Å². The number of rotatable bonds is 5. The van der Waals surface area contributed by atoms with Crippen LogP contribution >= 0.6 is 0 Å². The molecule has 1 heterocycles. The first kappa shape index (κ1) is 14.2. The van der Waals surface area contributed by atoms with E-state index in [1.807, 2.05) is 24.3 Å². The monoisotopic (exact) mass is 285 g/mol. The summed E-state index contributed by atoms with van der Waals surface area (Å²) in [6.07, 6.45) is 3.98. The van der Waals surface area contributed by atoms with Crippen molar-refractivity contribution in [2.45, 2.75) is 6.54 Å². The highest BCUT2D eigenvalue weighted by Gasteiger charge is 2.10. The predicted molar refractivity (Wildman–Crippen MR) is 94.6 cm³/mol. The third-order valence-electron chi connectivity index (χ3n) is 3.84. The van der Waals surface area contributed by atoms with E-state index in [0.717, 1.165) is 28.9 Å². The fraction of sp³-hybridized carbons (Fsp3) is 0.0476. The zero-order valence-electron chi connectivity index (χ0n) is 12.6. The van der Waals surface area contributed by atoms with Gasteiger partial charge < -0.3 is 4.57 Å². The summed E-state index contributed by atoms with van der Waals surface area (Å²) < 4.78 is 2.23. The van der Waals surface area contributed by atoms with Crippen molar-refractivity contribution in [3.8, 4) is 0 Å². The molecule has 108 valence electrons. The Morgan fingerprint density at radius 3 is 2.41 bits per heavy atom. The van der Waals surface area contributed by atoms with Gasteiger partial charge in [0.25, 0.3) is 0 Å². The van der Waals surface area contributed by atoms with Crippen molar-refractivity contribution >= 4 is 11.6 Å². The summed E-state index contributed by atoms with van der Waals surface area (Å²) in [6.45, 7) is 9.05. The summed E-state index contributed by atoms with van der Waals surface area (Å²) in [5, 5.41) is 0. The smallest absolute Gasteiger partial charge is 0.0483 e. The SMILES string of the molecule is C=Cc1ccccc1C(=C)c1cccn1Cc1ccccc1. The van der Waals surface area contributed by atoms with Gasteiger partial charge >= 0.3 is 0 Å². The number of hydrogen-bond acceptors (Lipinski definition) is 0. The predicted octanol–water partition coefficient (Wildman–Crippen LogP) is 5.24. The highest BCUT2D eigenvalue weighted by molar-refractivity contribution is 5.81. The third-order valence-corrected chi connectivity index (χ3v) is 3.84. The van der Waals surface area contributed by atoms with Gasteiger partial charge in [-0.05, 0) is 34.4 Å². The van der Waals surface area contributed by atoms with Crippen LogP contribution in [0.25, 0.3) is 11.6 Å². The van der Waals surface area contributed by atoms with E-state index < -0.39 is 0 Å². The van der Waals surface area contributed by atoms with Gasteiger partial charge in [0.1, 0.15) is 0 Å². The lowest BCUT2D eigenvalue weighted by atomic mass is 9.98. The van der Waals surface area contributed by atoms with Crippen LogP contribution in [0.3, 0.4) is 0 Å². The van der Waals surface area contributed by atoms with Crippen LogP contribution in [0, 0.1) is 0 Å². The third kappa shape index (κ3) is 2.79. The Balaban J connectivity index is 1.94. The minimum absolute atomic E-state index is 0.846. The minimum Gasteiger partial charge on any atom is -0.343 e. The lowest BCUT2D eigenvalue weighted by molar-refractivity contribution is 0.794. The van der Waals surface area contributed by atoms with Crippen molar-refractivity contribution in [2.24, 2.45) is 0 Å². The molecule has 3 rings (SSSR count). The number of benzene rings is 2. The van der Waals surface area contributed by atoms with Gasteiger partial charge in [-0.25, -0.2) is 0 Å². The molecule has 0 unspecified atom stereocenters.